The molecule has 0 saturated carbocycles. The largest absolute Gasteiger partial charge is 0.345 e. The molecular formula is C18H27N3O2S. The number of anilines is 1. The summed E-state index contributed by atoms with van der Waals surface area (Å²) >= 11 is 1.66. The zero-order valence-electron chi connectivity index (χ0n) is 14.9. The van der Waals surface area contributed by atoms with Crippen LogP contribution < -0.4 is 10.6 Å². The molecule has 2 N–H and O–H groups in total. The van der Waals surface area contributed by atoms with Gasteiger partial charge in [-0.2, -0.15) is 0 Å². The molecule has 2 rings (SSSR count). The molecule has 5 nitrogen and oxygen atoms in total. The third-order valence-electron chi connectivity index (χ3n) is 4.45. The SMILES string of the molecule is CSc1ccc(N2CC(C(=O)N(C)CC(C)(C)CN)CC2=O)cc1. The Labute approximate surface area is 148 Å². The Morgan fingerprint density at radius 2 is 2.00 bits per heavy atom. The van der Waals surface area contributed by atoms with Crippen molar-refractivity contribution in [3.8, 4) is 0 Å². The van der Waals surface area contributed by atoms with Gasteiger partial charge in [-0.1, -0.05) is 13.8 Å². The van der Waals surface area contributed by atoms with Gasteiger partial charge in [0, 0.05) is 37.1 Å². The van der Waals surface area contributed by atoms with Crippen LogP contribution in [0.2, 0.25) is 0 Å². The molecule has 0 radical (unpaired) electrons. The molecule has 0 bridgehead atoms. The maximum Gasteiger partial charge on any atom is 0.227 e. The number of rotatable bonds is 6. The summed E-state index contributed by atoms with van der Waals surface area (Å²) in [4.78, 5) is 29.6. The van der Waals surface area contributed by atoms with Gasteiger partial charge in [0.2, 0.25) is 11.8 Å². The standard InChI is InChI=1S/C18H27N3O2S/c1-18(2,11-19)12-20(3)17(23)13-9-16(22)21(10-13)14-5-7-15(24-4)8-6-14/h5-8,13H,9-12,19H2,1-4H3. The molecule has 132 valence electrons. The topological polar surface area (TPSA) is 66.6 Å². The van der Waals surface area contributed by atoms with Gasteiger partial charge in [-0.05, 0) is 42.5 Å². The second-order valence-corrected chi connectivity index (χ2v) is 8.05. The molecule has 1 fully saturated rings. The maximum atomic E-state index is 12.7. The number of carbonyl (C=O) groups excluding carboxylic acids is 2. The fourth-order valence-corrected chi connectivity index (χ4v) is 3.39. The van der Waals surface area contributed by atoms with E-state index in [1.165, 1.54) is 0 Å². The van der Waals surface area contributed by atoms with E-state index in [4.69, 9.17) is 5.73 Å². The monoisotopic (exact) mass is 349 g/mol. The van der Waals surface area contributed by atoms with E-state index in [-0.39, 0.29) is 29.6 Å². The van der Waals surface area contributed by atoms with Crippen LogP contribution in [0.1, 0.15) is 20.3 Å². The number of amides is 2. The number of hydrogen-bond donors (Lipinski definition) is 1. The lowest BCUT2D eigenvalue weighted by molar-refractivity contribution is -0.135. The maximum absolute atomic E-state index is 12.7. The Morgan fingerprint density at radius 3 is 2.54 bits per heavy atom. The van der Waals surface area contributed by atoms with Gasteiger partial charge in [0.25, 0.3) is 0 Å². The quantitative estimate of drug-likeness (QED) is 0.800. The molecule has 1 unspecified atom stereocenters. The van der Waals surface area contributed by atoms with E-state index in [0.717, 1.165) is 10.6 Å². The number of nitrogens with zero attached hydrogens (tertiary/aromatic N) is 2. The molecule has 0 spiro atoms. The van der Waals surface area contributed by atoms with Crippen molar-refractivity contribution in [1.82, 2.24) is 4.90 Å². The highest BCUT2D eigenvalue weighted by molar-refractivity contribution is 7.98. The summed E-state index contributed by atoms with van der Waals surface area (Å²) in [5.74, 6) is -0.249. The molecule has 1 aliphatic rings. The van der Waals surface area contributed by atoms with Crippen molar-refractivity contribution in [2.45, 2.75) is 25.2 Å². The first-order chi connectivity index (χ1) is 11.3. The van der Waals surface area contributed by atoms with Gasteiger partial charge in [-0.15, -0.1) is 11.8 Å². The van der Waals surface area contributed by atoms with Crippen LogP contribution in [0.25, 0.3) is 0 Å². The summed E-state index contributed by atoms with van der Waals surface area (Å²) in [6, 6.07) is 7.88. The summed E-state index contributed by atoms with van der Waals surface area (Å²) in [6.07, 6.45) is 2.29. The van der Waals surface area contributed by atoms with Crippen molar-refractivity contribution >= 4 is 29.3 Å². The van der Waals surface area contributed by atoms with E-state index in [9.17, 15) is 9.59 Å². The van der Waals surface area contributed by atoms with Crippen molar-refractivity contribution in [3.63, 3.8) is 0 Å². The Morgan fingerprint density at radius 1 is 1.38 bits per heavy atom. The normalized spacial score (nSPS) is 18.1. The number of hydrogen-bond acceptors (Lipinski definition) is 4. The van der Waals surface area contributed by atoms with E-state index < -0.39 is 0 Å². The van der Waals surface area contributed by atoms with Crippen molar-refractivity contribution in [2.75, 3.05) is 37.8 Å². The van der Waals surface area contributed by atoms with Crippen LogP contribution in [0.3, 0.4) is 0 Å². The van der Waals surface area contributed by atoms with Crippen LogP contribution in [0, 0.1) is 11.3 Å². The van der Waals surface area contributed by atoms with Gasteiger partial charge in [0.1, 0.15) is 0 Å². The summed E-state index contributed by atoms with van der Waals surface area (Å²) < 4.78 is 0. The van der Waals surface area contributed by atoms with Gasteiger partial charge >= 0.3 is 0 Å². The van der Waals surface area contributed by atoms with E-state index in [1.807, 2.05) is 44.4 Å². The van der Waals surface area contributed by atoms with Crippen LogP contribution in [0.4, 0.5) is 5.69 Å². The molecule has 2 amide bonds. The molecule has 1 aromatic rings. The first-order valence-electron chi connectivity index (χ1n) is 8.17. The minimum atomic E-state index is -0.281. The number of nitrogens with two attached hydrogens (primary N) is 1. The Balaban J connectivity index is 2.04. The molecule has 1 saturated heterocycles. The number of thioether (sulfide) groups is 1. The molecular weight excluding hydrogens is 322 g/mol. The van der Waals surface area contributed by atoms with E-state index >= 15 is 0 Å². The molecule has 0 aliphatic carbocycles. The lowest BCUT2D eigenvalue weighted by atomic mass is 9.92. The van der Waals surface area contributed by atoms with Gasteiger partial charge in [-0.3, -0.25) is 9.59 Å². The smallest absolute Gasteiger partial charge is 0.227 e. The molecule has 1 atom stereocenters. The van der Waals surface area contributed by atoms with Crippen LogP contribution >= 0.6 is 11.8 Å². The molecule has 6 heteroatoms. The highest BCUT2D eigenvalue weighted by Gasteiger charge is 2.37. The first-order valence-corrected chi connectivity index (χ1v) is 9.39. The Hall–Kier alpha value is -1.53. The molecule has 24 heavy (non-hydrogen) atoms. The third kappa shape index (κ3) is 4.30. The highest BCUT2D eigenvalue weighted by Crippen LogP contribution is 2.28. The summed E-state index contributed by atoms with van der Waals surface area (Å²) in [5, 5.41) is 0. The average Bonchev–Trinajstić information content (AvgIpc) is 2.95. The predicted octanol–water partition coefficient (Wildman–Crippen LogP) is 2.20. The molecule has 1 aromatic carbocycles. The minimum Gasteiger partial charge on any atom is -0.345 e. The first kappa shape index (κ1) is 18.8. The molecule has 1 heterocycles. The average molecular weight is 350 g/mol. The van der Waals surface area contributed by atoms with Gasteiger partial charge in [0.15, 0.2) is 0 Å². The van der Waals surface area contributed by atoms with Crippen molar-refractivity contribution in [1.29, 1.82) is 0 Å². The minimum absolute atomic E-state index is 0.0109. The zero-order valence-corrected chi connectivity index (χ0v) is 15.7. The number of carbonyl (C=O) groups is 2. The fraction of sp³-hybridized carbons (Fsp3) is 0.556. The van der Waals surface area contributed by atoms with E-state index in [2.05, 4.69) is 0 Å². The second kappa shape index (κ2) is 7.57. The summed E-state index contributed by atoms with van der Waals surface area (Å²) in [5.41, 5.74) is 6.48. The van der Waals surface area contributed by atoms with E-state index in [0.29, 0.717) is 19.6 Å². The lowest BCUT2D eigenvalue weighted by Gasteiger charge is -2.30. The van der Waals surface area contributed by atoms with Crippen LogP contribution in [0.5, 0.6) is 0 Å². The summed E-state index contributed by atoms with van der Waals surface area (Å²) in [6.45, 7) is 5.63. The third-order valence-corrected chi connectivity index (χ3v) is 5.20. The van der Waals surface area contributed by atoms with Gasteiger partial charge in [0.05, 0.1) is 5.92 Å². The van der Waals surface area contributed by atoms with Crippen molar-refractivity contribution in [3.05, 3.63) is 24.3 Å². The lowest BCUT2D eigenvalue weighted by Crippen LogP contribution is -2.42. The highest BCUT2D eigenvalue weighted by atomic mass is 32.2. The van der Waals surface area contributed by atoms with E-state index in [1.54, 1.807) is 28.6 Å². The van der Waals surface area contributed by atoms with Crippen molar-refractivity contribution < 1.29 is 9.59 Å². The molecule has 1 aliphatic heterocycles. The van der Waals surface area contributed by atoms with Gasteiger partial charge < -0.3 is 15.5 Å². The molecule has 0 aromatic heterocycles. The Bertz CT molecular complexity index is 601. The van der Waals surface area contributed by atoms with Crippen LogP contribution in [-0.2, 0) is 9.59 Å². The summed E-state index contributed by atoms with van der Waals surface area (Å²) in [7, 11) is 1.79. The number of benzene rings is 1. The van der Waals surface area contributed by atoms with Crippen molar-refractivity contribution in [2.24, 2.45) is 17.1 Å². The zero-order chi connectivity index (χ0) is 17.9. The van der Waals surface area contributed by atoms with Crippen LogP contribution in [-0.4, -0.2) is 49.7 Å². The second-order valence-electron chi connectivity index (χ2n) is 7.17. The fourth-order valence-electron chi connectivity index (χ4n) is 2.98. The van der Waals surface area contributed by atoms with Gasteiger partial charge in [-0.25, -0.2) is 0 Å². The van der Waals surface area contributed by atoms with Crippen LogP contribution in [0.15, 0.2) is 29.2 Å². The predicted molar refractivity (Wildman–Crippen MR) is 99.2 cm³/mol. The Kier molecular flexibility index (Phi) is 5.93.